The molecule has 19 heavy (non-hydrogen) atoms. The average Bonchev–Trinajstić information content (AvgIpc) is 2.37. The SMILES string of the molecule is O=C(Nc1cc(Br)ccc1Br)NC1CCC(O)CC1. The van der Waals surface area contributed by atoms with Gasteiger partial charge in [0.15, 0.2) is 0 Å². The normalized spacial score (nSPS) is 22.9. The maximum absolute atomic E-state index is 11.9. The number of aliphatic hydroxyl groups is 1. The fraction of sp³-hybridized carbons (Fsp3) is 0.462. The number of aliphatic hydroxyl groups excluding tert-OH is 1. The quantitative estimate of drug-likeness (QED) is 0.720. The highest BCUT2D eigenvalue weighted by molar-refractivity contribution is 9.11. The number of nitrogens with one attached hydrogen (secondary N) is 2. The molecule has 0 unspecified atom stereocenters. The van der Waals surface area contributed by atoms with Gasteiger partial charge in [-0.1, -0.05) is 15.9 Å². The van der Waals surface area contributed by atoms with Gasteiger partial charge in [-0.25, -0.2) is 4.79 Å². The van der Waals surface area contributed by atoms with E-state index < -0.39 is 0 Å². The zero-order chi connectivity index (χ0) is 13.8. The van der Waals surface area contributed by atoms with Crippen LogP contribution in [0.25, 0.3) is 0 Å². The van der Waals surface area contributed by atoms with Gasteiger partial charge < -0.3 is 15.7 Å². The van der Waals surface area contributed by atoms with Crippen molar-refractivity contribution in [1.82, 2.24) is 5.32 Å². The predicted molar refractivity (Wildman–Crippen MR) is 82.3 cm³/mol. The number of halogens is 2. The summed E-state index contributed by atoms with van der Waals surface area (Å²) in [5.41, 5.74) is 0.725. The molecule has 1 aromatic rings. The number of amides is 2. The Morgan fingerprint density at radius 2 is 1.89 bits per heavy atom. The molecule has 104 valence electrons. The van der Waals surface area contributed by atoms with Crippen molar-refractivity contribution in [2.75, 3.05) is 5.32 Å². The minimum Gasteiger partial charge on any atom is -0.393 e. The first-order chi connectivity index (χ1) is 9.04. The van der Waals surface area contributed by atoms with Crippen LogP contribution in [0.3, 0.4) is 0 Å². The van der Waals surface area contributed by atoms with Crippen LogP contribution < -0.4 is 10.6 Å². The molecule has 0 saturated heterocycles. The van der Waals surface area contributed by atoms with Crippen LogP contribution in [0.15, 0.2) is 27.1 Å². The molecule has 0 spiro atoms. The van der Waals surface area contributed by atoms with Crippen molar-refractivity contribution in [1.29, 1.82) is 0 Å². The lowest BCUT2D eigenvalue weighted by Crippen LogP contribution is -2.40. The Morgan fingerprint density at radius 3 is 2.58 bits per heavy atom. The van der Waals surface area contributed by atoms with E-state index in [2.05, 4.69) is 42.5 Å². The smallest absolute Gasteiger partial charge is 0.319 e. The molecule has 1 saturated carbocycles. The molecule has 2 amide bonds. The second-order valence-corrected chi connectivity index (χ2v) is 6.50. The third-order valence-electron chi connectivity index (χ3n) is 3.21. The first-order valence-corrected chi connectivity index (χ1v) is 7.84. The molecule has 0 atom stereocenters. The lowest BCUT2D eigenvalue weighted by molar-refractivity contribution is 0.118. The number of urea groups is 1. The Kier molecular flexibility index (Phi) is 5.24. The van der Waals surface area contributed by atoms with Gasteiger partial charge in [-0.15, -0.1) is 0 Å². The van der Waals surface area contributed by atoms with Crippen molar-refractivity contribution in [2.45, 2.75) is 37.8 Å². The minimum atomic E-state index is -0.208. The van der Waals surface area contributed by atoms with E-state index in [9.17, 15) is 9.90 Å². The highest BCUT2D eigenvalue weighted by atomic mass is 79.9. The van der Waals surface area contributed by atoms with E-state index in [0.717, 1.165) is 40.3 Å². The van der Waals surface area contributed by atoms with E-state index in [4.69, 9.17) is 0 Å². The molecule has 1 fully saturated rings. The Hall–Kier alpha value is -0.590. The molecule has 3 N–H and O–H groups in total. The Morgan fingerprint density at radius 1 is 1.21 bits per heavy atom. The number of rotatable bonds is 2. The lowest BCUT2D eigenvalue weighted by Gasteiger charge is -2.26. The summed E-state index contributed by atoms with van der Waals surface area (Å²) in [6.07, 6.45) is 2.96. The molecule has 1 aliphatic rings. The van der Waals surface area contributed by atoms with Crippen LogP contribution in [0.2, 0.25) is 0 Å². The van der Waals surface area contributed by atoms with Gasteiger partial charge in [0.05, 0.1) is 11.8 Å². The third kappa shape index (κ3) is 4.47. The summed E-state index contributed by atoms with van der Waals surface area (Å²) in [4.78, 5) is 11.9. The number of hydrogen-bond acceptors (Lipinski definition) is 2. The van der Waals surface area contributed by atoms with E-state index in [1.165, 1.54) is 0 Å². The summed E-state index contributed by atoms with van der Waals surface area (Å²) in [6, 6.07) is 5.55. The van der Waals surface area contributed by atoms with Gasteiger partial charge in [-0.05, 0) is 59.8 Å². The van der Waals surface area contributed by atoms with Crippen LogP contribution in [0, 0.1) is 0 Å². The average molecular weight is 392 g/mol. The van der Waals surface area contributed by atoms with Crippen molar-refractivity contribution < 1.29 is 9.90 Å². The number of carbonyl (C=O) groups is 1. The van der Waals surface area contributed by atoms with Crippen LogP contribution in [-0.4, -0.2) is 23.3 Å². The maximum atomic E-state index is 11.9. The van der Waals surface area contributed by atoms with Gasteiger partial charge >= 0.3 is 6.03 Å². The highest BCUT2D eigenvalue weighted by Crippen LogP contribution is 2.26. The third-order valence-corrected chi connectivity index (χ3v) is 4.39. The lowest BCUT2D eigenvalue weighted by atomic mass is 9.93. The van der Waals surface area contributed by atoms with Crippen molar-refractivity contribution in [3.63, 3.8) is 0 Å². The van der Waals surface area contributed by atoms with Crippen molar-refractivity contribution >= 4 is 43.6 Å². The van der Waals surface area contributed by atoms with Crippen LogP contribution in [0.4, 0.5) is 10.5 Å². The second kappa shape index (κ2) is 6.72. The fourth-order valence-corrected chi connectivity index (χ4v) is 2.86. The summed E-state index contributed by atoms with van der Waals surface area (Å²) in [7, 11) is 0. The summed E-state index contributed by atoms with van der Waals surface area (Å²) >= 11 is 6.77. The molecular formula is C13H16Br2N2O2. The Bertz CT molecular complexity index is 460. The highest BCUT2D eigenvalue weighted by Gasteiger charge is 2.20. The maximum Gasteiger partial charge on any atom is 0.319 e. The number of benzene rings is 1. The molecule has 0 aliphatic heterocycles. The van der Waals surface area contributed by atoms with E-state index in [1.54, 1.807) is 0 Å². The monoisotopic (exact) mass is 390 g/mol. The van der Waals surface area contributed by atoms with E-state index >= 15 is 0 Å². The van der Waals surface area contributed by atoms with Crippen LogP contribution in [-0.2, 0) is 0 Å². The van der Waals surface area contributed by atoms with Crippen molar-refractivity contribution in [2.24, 2.45) is 0 Å². The van der Waals surface area contributed by atoms with Gasteiger partial charge in [0.2, 0.25) is 0 Å². The molecule has 1 aromatic carbocycles. The molecule has 0 radical (unpaired) electrons. The number of anilines is 1. The molecule has 0 heterocycles. The zero-order valence-electron chi connectivity index (χ0n) is 10.3. The van der Waals surface area contributed by atoms with Crippen molar-refractivity contribution in [3.8, 4) is 0 Å². The van der Waals surface area contributed by atoms with Gasteiger partial charge in [0, 0.05) is 15.0 Å². The zero-order valence-corrected chi connectivity index (χ0v) is 13.5. The van der Waals surface area contributed by atoms with Gasteiger partial charge in [-0.2, -0.15) is 0 Å². The van der Waals surface area contributed by atoms with E-state index in [1.807, 2.05) is 18.2 Å². The first kappa shape index (κ1) is 14.8. The first-order valence-electron chi connectivity index (χ1n) is 6.25. The summed E-state index contributed by atoms with van der Waals surface area (Å²) in [6.45, 7) is 0. The second-order valence-electron chi connectivity index (χ2n) is 4.73. The van der Waals surface area contributed by atoms with Gasteiger partial charge in [-0.3, -0.25) is 0 Å². The number of hydrogen-bond donors (Lipinski definition) is 3. The molecule has 0 aromatic heterocycles. The van der Waals surface area contributed by atoms with Crippen LogP contribution >= 0.6 is 31.9 Å². The Balaban J connectivity index is 1.89. The largest absolute Gasteiger partial charge is 0.393 e. The van der Waals surface area contributed by atoms with Gasteiger partial charge in [0.25, 0.3) is 0 Å². The standard InChI is InChI=1S/C13H16Br2N2O2/c14-8-1-6-11(15)12(7-8)17-13(19)16-9-2-4-10(18)5-3-9/h1,6-7,9-10,18H,2-5H2,(H2,16,17,19). The van der Waals surface area contributed by atoms with E-state index in [0.29, 0.717) is 0 Å². The summed E-state index contributed by atoms with van der Waals surface area (Å²) in [5, 5.41) is 15.2. The Labute approximate surface area is 129 Å². The van der Waals surface area contributed by atoms with E-state index in [-0.39, 0.29) is 18.2 Å². The molecule has 6 heteroatoms. The molecule has 0 bridgehead atoms. The number of carbonyl (C=O) groups excluding carboxylic acids is 1. The van der Waals surface area contributed by atoms with Crippen LogP contribution in [0.1, 0.15) is 25.7 Å². The molecular weight excluding hydrogens is 376 g/mol. The topological polar surface area (TPSA) is 61.4 Å². The molecule has 4 nitrogen and oxygen atoms in total. The molecule has 1 aliphatic carbocycles. The summed E-state index contributed by atoms with van der Waals surface area (Å²) in [5.74, 6) is 0. The predicted octanol–water partition coefficient (Wildman–Crippen LogP) is 3.64. The summed E-state index contributed by atoms with van der Waals surface area (Å²) < 4.78 is 1.75. The minimum absolute atomic E-state index is 0.148. The van der Waals surface area contributed by atoms with Crippen LogP contribution in [0.5, 0.6) is 0 Å². The van der Waals surface area contributed by atoms with Crippen molar-refractivity contribution in [3.05, 3.63) is 27.1 Å². The van der Waals surface area contributed by atoms with Gasteiger partial charge in [0.1, 0.15) is 0 Å². The molecule has 2 rings (SSSR count). The fourth-order valence-electron chi connectivity index (χ4n) is 2.16.